The number of ether oxygens (including phenoxy) is 1. The number of fused-ring (bicyclic) bond motifs is 1. The predicted molar refractivity (Wildman–Crippen MR) is 81.8 cm³/mol. The van der Waals surface area contributed by atoms with Gasteiger partial charge >= 0.3 is 0 Å². The van der Waals surface area contributed by atoms with Gasteiger partial charge in [-0.2, -0.15) is 0 Å². The molecule has 2 aromatic rings. The van der Waals surface area contributed by atoms with Crippen LogP contribution in [0.2, 0.25) is 0 Å². The molecule has 0 spiro atoms. The van der Waals surface area contributed by atoms with E-state index in [1.54, 1.807) is 12.1 Å². The van der Waals surface area contributed by atoms with E-state index in [2.05, 4.69) is 21.2 Å². The minimum atomic E-state index is -0.302. The van der Waals surface area contributed by atoms with Crippen LogP contribution in [-0.2, 0) is 17.8 Å². The molecule has 108 valence electrons. The van der Waals surface area contributed by atoms with Crippen molar-refractivity contribution in [2.24, 2.45) is 0 Å². The molecule has 1 heterocycles. The second-order valence-corrected chi connectivity index (χ2v) is 5.66. The summed E-state index contributed by atoms with van der Waals surface area (Å²) in [7, 11) is 0. The lowest BCUT2D eigenvalue weighted by Crippen LogP contribution is -2.18. The first-order chi connectivity index (χ1) is 10.1. The van der Waals surface area contributed by atoms with Gasteiger partial charge < -0.3 is 10.1 Å². The summed E-state index contributed by atoms with van der Waals surface area (Å²) in [6, 6.07) is 10.4. The Morgan fingerprint density at radius 2 is 2.10 bits per heavy atom. The van der Waals surface area contributed by atoms with Crippen molar-refractivity contribution in [2.75, 3.05) is 5.32 Å². The molecule has 1 N–H and O–H groups in total. The summed E-state index contributed by atoms with van der Waals surface area (Å²) in [6.07, 6.45) is 1.20. The van der Waals surface area contributed by atoms with E-state index in [4.69, 9.17) is 4.74 Å². The van der Waals surface area contributed by atoms with Gasteiger partial charge in [0.05, 0.1) is 4.47 Å². The van der Waals surface area contributed by atoms with Crippen molar-refractivity contribution in [3.05, 3.63) is 57.8 Å². The van der Waals surface area contributed by atoms with Gasteiger partial charge in [-0.05, 0) is 52.2 Å². The van der Waals surface area contributed by atoms with E-state index in [0.29, 0.717) is 23.1 Å². The summed E-state index contributed by atoms with van der Waals surface area (Å²) in [5.41, 5.74) is 2.65. The van der Waals surface area contributed by atoms with Crippen LogP contribution < -0.4 is 10.1 Å². The number of amides is 1. The highest BCUT2D eigenvalue weighted by Gasteiger charge is 2.15. The Bertz CT molecular complexity index is 703. The molecule has 1 aliphatic rings. The highest BCUT2D eigenvalue weighted by molar-refractivity contribution is 9.10. The van der Waals surface area contributed by atoms with E-state index in [0.717, 1.165) is 16.8 Å². The average molecular weight is 350 g/mol. The lowest BCUT2D eigenvalue weighted by molar-refractivity contribution is -0.116. The Morgan fingerprint density at radius 1 is 1.24 bits per heavy atom. The molecule has 0 fully saturated rings. The Morgan fingerprint density at radius 3 is 2.95 bits per heavy atom. The number of benzene rings is 2. The fourth-order valence-electron chi connectivity index (χ4n) is 2.27. The molecule has 0 aromatic heterocycles. The van der Waals surface area contributed by atoms with Crippen molar-refractivity contribution in [3.63, 3.8) is 0 Å². The fourth-order valence-corrected chi connectivity index (χ4v) is 2.65. The van der Waals surface area contributed by atoms with Crippen molar-refractivity contribution >= 4 is 27.5 Å². The van der Waals surface area contributed by atoms with Gasteiger partial charge in [-0.25, -0.2) is 4.39 Å². The van der Waals surface area contributed by atoms with Crippen molar-refractivity contribution in [1.29, 1.82) is 0 Å². The molecule has 0 radical (unpaired) electrons. The minimum absolute atomic E-state index is 0.0415. The molecule has 0 bridgehead atoms. The molecule has 1 amide bonds. The lowest BCUT2D eigenvalue weighted by Gasteiger charge is -2.18. The maximum atomic E-state index is 13.4. The molecular formula is C16H13BrFNO2. The van der Waals surface area contributed by atoms with Crippen LogP contribution in [0.4, 0.5) is 10.1 Å². The summed E-state index contributed by atoms with van der Waals surface area (Å²) in [5.74, 6) is 0.449. The molecule has 3 rings (SSSR count). The number of hydrogen-bond donors (Lipinski definition) is 1. The third kappa shape index (κ3) is 3.08. The van der Waals surface area contributed by atoms with Gasteiger partial charge in [0.15, 0.2) is 0 Å². The van der Waals surface area contributed by atoms with E-state index < -0.39 is 0 Å². The predicted octanol–water partition coefficient (Wildman–Crippen LogP) is 4.05. The fraction of sp³-hybridized carbons (Fsp3) is 0.188. The number of hydrogen-bond acceptors (Lipinski definition) is 2. The van der Waals surface area contributed by atoms with Gasteiger partial charge in [0.25, 0.3) is 0 Å². The van der Waals surface area contributed by atoms with Crippen molar-refractivity contribution < 1.29 is 13.9 Å². The first-order valence-corrected chi connectivity index (χ1v) is 7.41. The van der Waals surface area contributed by atoms with Gasteiger partial charge in [0, 0.05) is 17.7 Å². The molecule has 2 aromatic carbocycles. The summed E-state index contributed by atoms with van der Waals surface area (Å²) in [6.45, 7) is 0.281. The topological polar surface area (TPSA) is 38.3 Å². The van der Waals surface area contributed by atoms with E-state index in [1.165, 1.54) is 6.07 Å². The highest BCUT2D eigenvalue weighted by atomic mass is 79.9. The summed E-state index contributed by atoms with van der Waals surface area (Å²) >= 11 is 3.22. The normalized spacial score (nSPS) is 13.5. The molecule has 0 saturated heterocycles. The first-order valence-electron chi connectivity index (χ1n) is 6.62. The van der Waals surface area contributed by atoms with Crippen LogP contribution >= 0.6 is 15.9 Å². The number of aryl methyl sites for hydroxylation is 1. The molecule has 0 atom stereocenters. The number of carbonyl (C=O) groups excluding carboxylic acids is 1. The monoisotopic (exact) mass is 349 g/mol. The number of rotatable bonds is 3. The summed E-state index contributed by atoms with van der Waals surface area (Å²) < 4.78 is 19.6. The molecule has 0 aliphatic carbocycles. The third-order valence-electron chi connectivity index (χ3n) is 3.40. The Hall–Kier alpha value is -1.88. The third-order valence-corrected chi connectivity index (χ3v) is 4.29. The van der Waals surface area contributed by atoms with Crippen LogP contribution in [0.1, 0.15) is 17.5 Å². The van der Waals surface area contributed by atoms with Gasteiger partial charge in [-0.15, -0.1) is 0 Å². The van der Waals surface area contributed by atoms with E-state index >= 15 is 0 Å². The van der Waals surface area contributed by atoms with Crippen LogP contribution in [0.15, 0.2) is 40.9 Å². The van der Waals surface area contributed by atoms with Crippen LogP contribution in [-0.4, -0.2) is 5.91 Å². The van der Waals surface area contributed by atoms with Crippen LogP contribution in [0.3, 0.4) is 0 Å². The number of anilines is 1. The van der Waals surface area contributed by atoms with Crippen molar-refractivity contribution in [1.82, 2.24) is 0 Å². The second kappa shape index (κ2) is 5.85. The van der Waals surface area contributed by atoms with Gasteiger partial charge in [0.2, 0.25) is 5.91 Å². The maximum absolute atomic E-state index is 13.4. The van der Waals surface area contributed by atoms with Gasteiger partial charge in [-0.1, -0.05) is 12.1 Å². The Labute approximate surface area is 130 Å². The van der Waals surface area contributed by atoms with Crippen LogP contribution in [0.25, 0.3) is 0 Å². The van der Waals surface area contributed by atoms with Crippen LogP contribution in [0, 0.1) is 5.82 Å². The van der Waals surface area contributed by atoms with Gasteiger partial charge in [-0.3, -0.25) is 4.79 Å². The van der Waals surface area contributed by atoms with Gasteiger partial charge in [0.1, 0.15) is 18.2 Å². The molecule has 21 heavy (non-hydrogen) atoms. The Balaban J connectivity index is 1.74. The number of carbonyl (C=O) groups is 1. The smallest absolute Gasteiger partial charge is 0.224 e. The minimum Gasteiger partial charge on any atom is -0.489 e. The first kappa shape index (κ1) is 14.1. The molecule has 3 nitrogen and oxygen atoms in total. The summed E-state index contributed by atoms with van der Waals surface area (Å²) in [4.78, 5) is 11.3. The number of nitrogens with one attached hydrogen (secondary N) is 1. The second-order valence-electron chi connectivity index (χ2n) is 4.87. The molecule has 1 aliphatic heterocycles. The van der Waals surface area contributed by atoms with Crippen molar-refractivity contribution in [3.8, 4) is 5.75 Å². The van der Waals surface area contributed by atoms with Crippen molar-refractivity contribution in [2.45, 2.75) is 19.4 Å². The largest absolute Gasteiger partial charge is 0.489 e. The zero-order chi connectivity index (χ0) is 14.8. The van der Waals surface area contributed by atoms with Crippen LogP contribution in [0.5, 0.6) is 5.75 Å². The zero-order valence-electron chi connectivity index (χ0n) is 11.2. The summed E-state index contributed by atoms with van der Waals surface area (Å²) in [5, 5.41) is 2.83. The standard InChI is InChI=1S/C16H13BrFNO2/c17-16-11(2-1-3-13(16)18)9-21-12-5-6-14-10(8-12)4-7-15(20)19-14/h1-3,5-6,8H,4,7,9H2,(H,19,20). The lowest BCUT2D eigenvalue weighted by atomic mass is 10.0. The Kier molecular flexibility index (Phi) is 3.92. The molecule has 0 saturated carbocycles. The maximum Gasteiger partial charge on any atom is 0.224 e. The highest BCUT2D eigenvalue weighted by Crippen LogP contribution is 2.28. The number of halogens is 2. The molecule has 0 unspecified atom stereocenters. The van der Waals surface area contributed by atoms with E-state index in [-0.39, 0.29) is 18.3 Å². The average Bonchev–Trinajstić information content (AvgIpc) is 2.49. The van der Waals surface area contributed by atoms with E-state index in [9.17, 15) is 9.18 Å². The molecule has 5 heteroatoms. The quantitative estimate of drug-likeness (QED) is 0.907. The zero-order valence-corrected chi connectivity index (χ0v) is 12.7. The van der Waals surface area contributed by atoms with E-state index in [1.807, 2.05) is 18.2 Å². The molecular weight excluding hydrogens is 337 g/mol. The SMILES string of the molecule is O=C1CCc2cc(OCc3cccc(F)c3Br)ccc2N1.